The molecule has 0 fully saturated rings. The summed E-state index contributed by atoms with van der Waals surface area (Å²) in [6.07, 6.45) is 0. The van der Waals surface area contributed by atoms with Gasteiger partial charge in [0, 0.05) is 13.5 Å². The normalized spacial score (nSPS) is 8.55. The highest BCUT2D eigenvalue weighted by Gasteiger charge is 1.82. The number of carbonyl (C=O) groups is 1. The molecular weight excluding hydrogens is 144 g/mol. The zero-order valence-corrected chi connectivity index (χ0v) is 7.76. The predicted octanol–water partition coefficient (Wildman–Crippen LogP) is 1.20. The van der Waals surface area contributed by atoms with E-state index >= 15 is 0 Å². The fourth-order valence-corrected chi connectivity index (χ4v) is 0.203. The molecule has 0 aromatic rings. The molecular formula is C8H18O3. The van der Waals surface area contributed by atoms with E-state index in [1.54, 1.807) is 6.92 Å². The van der Waals surface area contributed by atoms with Gasteiger partial charge in [-0.05, 0) is 12.8 Å². The van der Waals surface area contributed by atoms with Crippen LogP contribution in [-0.2, 0) is 9.53 Å². The summed E-state index contributed by atoms with van der Waals surface area (Å²) in [6, 6.07) is 0. The first-order valence-electron chi connectivity index (χ1n) is 3.78. The number of ether oxygens (including phenoxy) is 1. The van der Waals surface area contributed by atoms with Crippen LogP contribution in [-0.4, -0.2) is 24.3 Å². The molecule has 0 radical (unpaired) electrons. The van der Waals surface area contributed by atoms with Crippen LogP contribution in [0.25, 0.3) is 0 Å². The van der Waals surface area contributed by atoms with Crippen molar-refractivity contribution >= 4 is 5.97 Å². The van der Waals surface area contributed by atoms with E-state index in [-0.39, 0.29) is 5.97 Å². The topological polar surface area (TPSA) is 46.5 Å². The van der Waals surface area contributed by atoms with Gasteiger partial charge in [-0.15, -0.1) is 0 Å². The van der Waals surface area contributed by atoms with Crippen molar-refractivity contribution in [1.29, 1.82) is 0 Å². The Kier molecular flexibility index (Phi) is 11.2. The lowest BCUT2D eigenvalue weighted by Crippen LogP contribution is -1.95. The number of aliphatic hydroxyl groups is 1. The van der Waals surface area contributed by atoms with Crippen molar-refractivity contribution in [3.8, 4) is 0 Å². The minimum absolute atomic E-state index is 0.211. The van der Waals surface area contributed by atoms with E-state index in [0.717, 1.165) is 0 Å². The SMILES string of the molecule is CC(C)CO.CCOC(C)=O. The summed E-state index contributed by atoms with van der Waals surface area (Å²) >= 11 is 0. The van der Waals surface area contributed by atoms with Crippen molar-refractivity contribution in [2.24, 2.45) is 5.92 Å². The second kappa shape index (κ2) is 9.43. The molecule has 11 heavy (non-hydrogen) atoms. The molecule has 1 N–H and O–H groups in total. The molecule has 0 heterocycles. The van der Waals surface area contributed by atoms with Crippen LogP contribution in [0.2, 0.25) is 0 Å². The molecule has 0 saturated heterocycles. The van der Waals surface area contributed by atoms with Gasteiger partial charge < -0.3 is 9.84 Å². The molecule has 0 rings (SSSR count). The molecule has 0 spiro atoms. The fourth-order valence-electron chi connectivity index (χ4n) is 0.203. The molecule has 0 saturated carbocycles. The summed E-state index contributed by atoms with van der Waals surface area (Å²) in [5, 5.41) is 8.14. The molecule has 3 nitrogen and oxygen atoms in total. The predicted molar refractivity (Wildman–Crippen MR) is 44.2 cm³/mol. The maximum atomic E-state index is 9.82. The Balaban J connectivity index is 0. The fraction of sp³-hybridized carbons (Fsp3) is 0.875. The van der Waals surface area contributed by atoms with Crippen molar-refractivity contribution in [3.63, 3.8) is 0 Å². The molecule has 0 atom stereocenters. The molecule has 0 aromatic heterocycles. The molecule has 0 aliphatic rings. The Labute approximate surface area is 68.4 Å². The highest BCUT2D eigenvalue weighted by Crippen LogP contribution is 1.83. The van der Waals surface area contributed by atoms with E-state index < -0.39 is 0 Å². The molecule has 0 amide bonds. The van der Waals surface area contributed by atoms with Crippen molar-refractivity contribution < 1.29 is 14.6 Å². The third-order valence-corrected chi connectivity index (χ3v) is 0.713. The number of hydrogen-bond acceptors (Lipinski definition) is 3. The van der Waals surface area contributed by atoms with Gasteiger partial charge in [-0.1, -0.05) is 13.8 Å². The lowest BCUT2D eigenvalue weighted by molar-refractivity contribution is -0.140. The Morgan fingerprint density at radius 3 is 1.91 bits per heavy atom. The number of hydrogen-bond donors (Lipinski definition) is 1. The minimum Gasteiger partial charge on any atom is -0.466 e. The standard InChI is InChI=1S/C4H8O2.C4H10O/c1-3-6-4(2)5;1-4(2)3-5/h3H2,1-2H3;4-5H,3H2,1-2H3. The molecule has 0 aliphatic heterocycles. The number of carbonyl (C=O) groups excluding carboxylic acids is 1. The van der Waals surface area contributed by atoms with Crippen LogP contribution >= 0.6 is 0 Å². The second-order valence-corrected chi connectivity index (χ2v) is 2.50. The highest BCUT2D eigenvalue weighted by molar-refractivity contribution is 5.65. The van der Waals surface area contributed by atoms with Crippen molar-refractivity contribution in [2.75, 3.05) is 13.2 Å². The first-order chi connectivity index (χ1) is 5.04. The van der Waals surface area contributed by atoms with Crippen LogP contribution in [0, 0.1) is 5.92 Å². The summed E-state index contributed by atoms with van der Waals surface area (Å²) in [5.41, 5.74) is 0. The van der Waals surface area contributed by atoms with Crippen LogP contribution in [0.5, 0.6) is 0 Å². The van der Waals surface area contributed by atoms with Gasteiger partial charge in [0.1, 0.15) is 0 Å². The highest BCUT2D eigenvalue weighted by atomic mass is 16.5. The minimum atomic E-state index is -0.211. The molecule has 68 valence electrons. The Hall–Kier alpha value is -0.570. The molecule has 0 unspecified atom stereocenters. The third-order valence-electron chi connectivity index (χ3n) is 0.713. The molecule has 0 aromatic carbocycles. The van der Waals surface area contributed by atoms with Gasteiger partial charge in [-0.2, -0.15) is 0 Å². The van der Waals surface area contributed by atoms with Crippen molar-refractivity contribution in [3.05, 3.63) is 0 Å². The maximum absolute atomic E-state index is 9.82. The summed E-state index contributed by atoms with van der Waals surface area (Å²) in [5.74, 6) is 0.229. The van der Waals surface area contributed by atoms with Gasteiger partial charge in [-0.25, -0.2) is 0 Å². The monoisotopic (exact) mass is 162 g/mol. The lowest BCUT2D eigenvalue weighted by Gasteiger charge is -1.90. The van der Waals surface area contributed by atoms with Crippen LogP contribution < -0.4 is 0 Å². The van der Waals surface area contributed by atoms with Crippen LogP contribution in [0.4, 0.5) is 0 Å². The summed E-state index contributed by atoms with van der Waals surface area (Å²) in [4.78, 5) is 9.82. The van der Waals surface area contributed by atoms with E-state index in [0.29, 0.717) is 19.1 Å². The van der Waals surface area contributed by atoms with Gasteiger partial charge in [0.05, 0.1) is 6.61 Å². The van der Waals surface area contributed by atoms with Crippen molar-refractivity contribution in [2.45, 2.75) is 27.7 Å². The smallest absolute Gasteiger partial charge is 0.302 e. The molecule has 0 bridgehead atoms. The van der Waals surface area contributed by atoms with Crippen LogP contribution in [0.15, 0.2) is 0 Å². The van der Waals surface area contributed by atoms with E-state index in [2.05, 4.69) is 4.74 Å². The number of rotatable bonds is 2. The van der Waals surface area contributed by atoms with E-state index in [1.807, 2.05) is 13.8 Å². The zero-order chi connectivity index (χ0) is 9.28. The Bertz CT molecular complexity index is 89.3. The van der Waals surface area contributed by atoms with E-state index in [1.165, 1.54) is 6.92 Å². The average molecular weight is 162 g/mol. The van der Waals surface area contributed by atoms with Gasteiger partial charge >= 0.3 is 5.97 Å². The maximum Gasteiger partial charge on any atom is 0.302 e. The quantitative estimate of drug-likeness (QED) is 0.621. The zero-order valence-electron chi connectivity index (χ0n) is 7.76. The van der Waals surface area contributed by atoms with Gasteiger partial charge in [0.2, 0.25) is 0 Å². The summed E-state index contributed by atoms with van der Waals surface area (Å²) < 4.78 is 4.40. The summed E-state index contributed by atoms with van der Waals surface area (Å²) in [6.45, 7) is 7.90. The second-order valence-electron chi connectivity index (χ2n) is 2.50. The first kappa shape index (κ1) is 13.1. The summed E-state index contributed by atoms with van der Waals surface area (Å²) in [7, 11) is 0. The lowest BCUT2D eigenvalue weighted by atomic mass is 10.2. The van der Waals surface area contributed by atoms with Gasteiger partial charge in [0.25, 0.3) is 0 Å². The first-order valence-corrected chi connectivity index (χ1v) is 3.78. The Morgan fingerprint density at radius 2 is 1.91 bits per heavy atom. The largest absolute Gasteiger partial charge is 0.466 e. The van der Waals surface area contributed by atoms with Crippen LogP contribution in [0.1, 0.15) is 27.7 Å². The van der Waals surface area contributed by atoms with Crippen LogP contribution in [0.3, 0.4) is 0 Å². The van der Waals surface area contributed by atoms with Gasteiger partial charge in [0.15, 0.2) is 0 Å². The molecule has 0 aliphatic carbocycles. The van der Waals surface area contributed by atoms with E-state index in [4.69, 9.17) is 5.11 Å². The Morgan fingerprint density at radius 1 is 1.55 bits per heavy atom. The number of esters is 1. The van der Waals surface area contributed by atoms with Crippen molar-refractivity contribution in [1.82, 2.24) is 0 Å². The van der Waals surface area contributed by atoms with E-state index in [9.17, 15) is 4.79 Å². The third kappa shape index (κ3) is 26.5. The van der Waals surface area contributed by atoms with Gasteiger partial charge in [-0.3, -0.25) is 4.79 Å². The average Bonchev–Trinajstić information content (AvgIpc) is 1.89. The molecule has 3 heteroatoms. The number of aliphatic hydroxyl groups excluding tert-OH is 1.